The second-order valence-corrected chi connectivity index (χ2v) is 11.2. The summed E-state index contributed by atoms with van der Waals surface area (Å²) in [6.45, 7) is 9.76. The number of hydrogen-bond donors (Lipinski definition) is 1. The maximum atomic E-state index is 12.3. The summed E-state index contributed by atoms with van der Waals surface area (Å²) in [5, 5.41) is 3.26. The minimum atomic E-state index is -3.13. The normalized spacial score (nSPS) is 22.0. The summed E-state index contributed by atoms with van der Waals surface area (Å²) in [5.74, 6) is 2.07. The van der Waals surface area contributed by atoms with E-state index in [9.17, 15) is 8.42 Å². The van der Waals surface area contributed by atoms with Crippen molar-refractivity contribution in [1.82, 2.24) is 10.2 Å². The lowest BCUT2D eigenvalue weighted by Gasteiger charge is -2.40. The lowest BCUT2D eigenvalue weighted by Crippen LogP contribution is -2.49. The molecule has 0 spiro atoms. The van der Waals surface area contributed by atoms with Gasteiger partial charge in [0, 0.05) is 26.7 Å². The van der Waals surface area contributed by atoms with E-state index in [-0.39, 0.29) is 5.75 Å². The van der Waals surface area contributed by atoms with Crippen LogP contribution in [0.5, 0.6) is 0 Å². The molecule has 1 fully saturated rings. The molecule has 1 N–H and O–H groups in total. The van der Waals surface area contributed by atoms with E-state index in [1.54, 1.807) is 27.8 Å². The first kappa shape index (κ1) is 21.7. The molecule has 6 heteroatoms. The van der Waals surface area contributed by atoms with Crippen LogP contribution in [-0.2, 0) is 9.84 Å². The number of likely N-dealkylation sites (tertiary alicyclic amines) is 1. The monoisotopic (exact) mass is 393 g/mol. The van der Waals surface area contributed by atoms with Crippen molar-refractivity contribution in [2.24, 2.45) is 10.9 Å². The molecule has 0 saturated carbocycles. The van der Waals surface area contributed by atoms with Crippen molar-refractivity contribution in [3.63, 3.8) is 0 Å². The number of aliphatic imine (C=N–C) groups is 1. The van der Waals surface area contributed by atoms with Crippen molar-refractivity contribution in [1.29, 1.82) is 0 Å². The van der Waals surface area contributed by atoms with Gasteiger partial charge >= 0.3 is 0 Å². The average Bonchev–Trinajstić information content (AvgIpc) is 2.64. The third-order valence-electron chi connectivity index (χ3n) is 5.58. The molecule has 1 heterocycles. The fraction of sp³-hybridized carbons (Fsp3) is 0.667. The van der Waals surface area contributed by atoms with Crippen LogP contribution < -0.4 is 5.32 Å². The number of piperidine rings is 1. The zero-order chi connectivity index (χ0) is 20.1. The van der Waals surface area contributed by atoms with E-state index in [0.717, 1.165) is 31.9 Å². The Morgan fingerprint density at radius 1 is 1.26 bits per heavy atom. The minimum absolute atomic E-state index is 0.118. The van der Waals surface area contributed by atoms with Crippen LogP contribution in [0.3, 0.4) is 0 Å². The number of rotatable bonds is 5. The van der Waals surface area contributed by atoms with Gasteiger partial charge in [0.25, 0.3) is 0 Å². The summed E-state index contributed by atoms with van der Waals surface area (Å²) >= 11 is 0. The van der Waals surface area contributed by atoms with E-state index in [1.807, 2.05) is 0 Å². The second kappa shape index (κ2) is 9.09. The standard InChI is InChI=1S/C21H35N3O2S/c1-6-17-16-24(14-12-19(17)18-10-8-7-9-11-18)20(22-5)23-13-15-27(25,26)21(2,3)4/h7-11,17,19H,6,12-16H2,1-5H3,(H,22,23). The van der Waals surface area contributed by atoms with E-state index >= 15 is 0 Å². The predicted octanol–water partition coefficient (Wildman–Crippen LogP) is 3.29. The maximum absolute atomic E-state index is 12.3. The van der Waals surface area contributed by atoms with E-state index < -0.39 is 14.6 Å². The van der Waals surface area contributed by atoms with Gasteiger partial charge in [-0.15, -0.1) is 0 Å². The summed E-state index contributed by atoms with van der Waals surface area (Å²) in [7, 11) is -1.36. The van der Waals surface area contributed by atoms with Crippen molar-refractivity contribution in [3.05, 3.63) is 35.9 Å². The summed E-state index contributed by atoms with van der Waals surface area (Å²) in [6.07, 6.45) is 2.20. The largest absolute Gasteiger partial charge is 0.355 e. The quantitative estimate of drug-likeness (QED) is 0.616. The first-order valence-corrected chi connectivity index (χ1v) is 11.6. The molecule has 2 atom stereocenters. The van der Waals surface area contributed by atoms with Gasteiger partial charge in [0.1, 0.15) is 0 Å². The zero-order valence-corrected chi connectivity index (χ0v) is 18.2. The first-order valence-electron chi connectivity index (χ1n) is 9.92. The van der Waals surface area contributed by atoms with E-state index in [4.69, 9.17) is 0 Å². The van der Waals surface area contributed by atoms with Gasteiger partial charge in [-0.25, -0.2) is 8.42 Å². The number of guanidine groups is 1. The van der Waals surface area contributed by atoms with Crippen molar-refractivity contribution in [2.75, 3.05) is 32.4 Å². The Morgan fingerprint density at radius 3 is 2.48 bits per heavy atom. The molecule has 5 nitrogen and oxygen atoms in total. The minimum Gasteiger partial charge on any atom is -0.355 e. The van der Waals surface area contributed by atoms with Crippen molar-refractivity contribution in [3.8, 4) is 0 Å². The van der Waals surface area contributed by atoms with Crippen LogP contribution in [0, 0.1) is 5.92 Å². The van der Waals surface area contributed by atoms with E-state index in [1.165, 1.54) is 5.56 Å². The lowest BCUT2D eigenvalue weighted by atomic mass is 9.79. The molecule has 1 saturated heterocycles. The van der Waals surface area contributed by atoms with Crippen LogP contribution >= 0.6 is 0 Å². The molecule has 0 aliphatic carbocycles. The maximum Gasteiger partial charge on any atom is 0.193 e. The molecule has 0 aromatic heterocycles. The highest BCUT2D eigenvalue weighted by molar-refractivity contribution is 7.92. The molecule has 1 aliphatic heterocycles. The number of nitrogens with zero attached hydrogens (tertiary/aromatic N) is 2. The van der Waals surface area contributed by atoms with Crippen LogP contribution in [0.4, 0.5) is 0 Å². The van der Waals surface area contributed by atoms with Gasteiger partial charge in [0.2, 0.25) is 0 Å². The van der Waals surface area contributed by atoms with Gasteiger partial charge in [0.15, 0.2) is 15.8 Å². The Labute approximate surface area is 165 Å². The van der Waals surface area contributed by atoms with Gasteiger partial charge in [0.05, 0.1) is 10.5 Å². The third kappa shape index (κ3) is 5.47. The van der Waals surface area contributed by atoms with Crippen molar-refractivity contribution >= 4 is 15.8 Å². The highest BCUT2D eigenvalue weighted by Gasteiger charge is 2.31. The van der Waals surface area contributed by atoms with Crippen LogP contribution in [0.1, 0.15) is 52.0 Å². The number of hydrogen-bond acceptors (Lipinski definition) is 3. The lowest BCUT2D eigenvalue weighted by molar-refractivity contribution is 0.216. The average molecular weight is 394 g/mol. The zero-order valence-electron chi connectivity index (χ0n) is 17.4. The highest BCUT2D eigenvalue weighted by atomic mass is 32.2. The Morgan fingerprint density at radius 2 is 1.93 bits per heavy atom. The fourth-order valence-corrected chi connectivity index (χ4v) is 4.70. The fourth-order valence-electron chi connectivity index (χ4n) is 3.71. The Hall–Kier alpha value is -1.56. The molecule has 1 aromatic rings. The molecule has 2 unspecified atom stereocenters. The first-order chi connectivity index (χ1) is 12.7. The second-order valence-electron chi connectivity index (χ2n) is 8.33. The van der Waals surface area contributed by atoms with Gasteiger partial charge in [-0.2, -0.15) is 0 Å². The molecule has 1 aliphatic rings. The van der Waals surface area contributed by atoms with Crippen LogP contribution in [0.2, 0.25) is 0 Å². The molecule has 27 heavy (non-hydrogen) atoms. The molecular weight excluding hydrogens is 358 g/mol. The van der Waals surface area contributed by atoms with Crippen molar-refractivity contribution in [2.45, 2.75) is 51.2 Å². The number of nitrogens with one attached hydrogen (secondary N) is 1. The molecular formula is C21H35N3O2S. The van der Waals surface area contributed by atoms with E-state index in [2.05, 4.69) is 52.5 Å². The number of benzene rings is 1. The van der Waals surface area contributed by atoms with Gasteiger partial charge in [-0.1, -0.05) is 43.7 Å². The van der Waals surface area contributed by atoms with Crippen LogP contribution in [-0.4, -0.2) is 56.5 Å². The van der Waals surface area contributed by atoms with Gasteiger partial charge < -0.3 is 10.2 Å². The predicted molar refractivity (Wildman–Crippen MR) is 114 cm³/mol. The topological polar surface area (TPSA) is 61.8 Å². The van der Waals surface area contributed by atoms with Gasteiger partial charge in [-0.3, -0.25) is 4.99 Å². The molecule has 1 aromatic carbocycles. The van der Waals surface area contributed by atoms with Crippen LogP contribution in [0.25, 0.3) is 0 Å². The molecule has 0 radical (unpaired) electrons. The Balaban J connectivity index is 1.97. The summed E-state index contributed by atoms with van der Waals surface area (Å²) in [4.78, 5) is 6.67. The summed E-state index contributed by atoms with van der Waals surface area (Å²) in [5.41, 5.74) is 1.42. The smallest absolute Gasteiger partial charge is 0.193 e. The summed E-state index contributed by atoms with van der Waals surface area (Å²) < 4.78 is 23.9. The van der Waals surface area contributed by atoms with Crippen molar-refractivity contribution < 1.29 is 8.42 Å². The third-order valence-corrected chi connectivity index (χ3v) is 8.19. The van der Waals surface area contributed by atoms with Crippen LogP contribution in [0.15, 0.2) is 35.3 Å². The number of sulfone groups is 1. The molecule has 0 bridgehead atoms. The Kier molecular flexibility index (Phi) is 7.32. The molecule has 152 valence electrons. The Bertz CT molecular complexity index is 724. The molecule has 0 amide bonds. The molecule has 2 rings (SSSR count). The summed E-state index contributed by atoms with van der Waals surface area (Å²) in [6, 6.07) is 10.8. The SMILES string of the molecule is CCC1CN(C(=NC)NCCS(=O)(=O)C(C)(C)C)CCC1c1ccccc1. The van der Waals surface area contributed by atoms with E-state index in [0.29, 0.717) is 18.4 Å². The van der Waals surface area contributed by atoms with Gasteiger partial charge in [-0.05, 0) is 44.6 Å². The highest BCUT2D eigenvalue weighted by Crippen LogP contribution is 2.34.